The molecule has 1 nitrogen and oxygen atoms in total. The molecular weight excluding hydrogens is 229 g/mol. The Labute approximate surface area is 89.5 Å². The van der Waals surface area contributed by atoms with Crippen LogP contribution in [-0.2, 0) is 0 Å². The van der Waals surface area contributed by atoms with Crippen molar-refractivity contribution >= 4 is 0 Å². The van der Waals surface area contributed by atoms with E-state index in [1.165, 1.54) is 0 Å². The molecule has 6 heteroatoms. The minimum absolute atomic E-state index is 0.563. The minimum atomic E-state index is -4.65. The zero-order valence-corrected chi connectivity index (χ0v) is 8.65. The summed E-state index contributed by atoms with van der Waals surface area (Å²) in [6.45, 7) is 0. The van der Waals surface area contributed by atoms with Gasteiger partial charge >= 0.3 is 6.18 Å². The van der Waals surface area contributed by atoms with E-state index in [4.69, 9.17) is 0 Å². The summed E-state index contributed by atoms with van der Waals surface area (Å²) in [4.78, 5) is 0.790. The zero-order valence-electron chi connectivity index (χ0n) is 8.65. The van der Waals surface area contributed by atoms with Crippen LogP contribution in [0, 0.1) is 11.6 Å². The highest BCUT2D eigenvalue weighted by atomic mass is 19.4. The van der Waals surface area contributed by atoms with Gasteiger partial charge < -0.3 is 0 Å². The molecule has 1 aromatic rings. The third-order valence-corrected chi connectivity index (χ3v) is 2.08. The summed E-state index contributed by atoms with van der Waals surface area (Å²) in [6, 6.07) is -0.120. The lowest BCUT2D eigenvalue weighted by Gasteiger charge is -2.27. The maximum absolute atomic E-state index is 13.2. The van der Waals surface area contributed by atoms with Gasteiger partial charge in [0.25, 0.3) is 0 Å². The molecule has 0 amide bonds. The quantitative estimate of drug-likeness (QED) is 0.717. The molecule has 0 fully saturated rings. The SMILES string of the molecule is CN(C)C(c1cc(F)ccc1F)C(F)(F)F. The monoisotopic (exact) mass is 239 g/mol. The normalized spacial score (nSPS) is 14.2. The first-order valence-electron chi connectivity index (χ1n) is 4.41. The van der Waals surface area contributed by atoms with Crippen molar-refractivity contribution in [2.24, 2.45) is 0 Å². The molecule has 0 saturated carbocycles. The highest BCUT2D eigenvalue weighted by molar-refractivity contribution is 5.23. The topological polar surface area (TPSA) is 3.24 Å². The molecule has 0 saturated heterocycles. The van der Waals surface area contributed by atoms with Gasteiger partial charge in [0.2, 0.25) is 0 Å². The summed E-state index contributed by atoms with van der Waals surface area (Å²) < 4.78 is 63.9. The van der Waals surface area contributed by atoms with Gasteiger partial charge in [0.1, 0.15) is 17.7 Å². The van der Waals surface area contributed by atoms with Crippen LogP contribution < -0.4 is 0 Å². The van der Waals surface area contributed by atoms with Crippen LogP contribution in [0.25, 0.3) is 0 Å². The van der Waals surface area contributed by atoms with Crippen molar-refractivity contribution < 1.29 is 22.0 Å². The van der Waals surface area contributed by atoms with Crippen LogP contribution in [0.5, 0.6) is 0 Å². The van der Waals surface area contributed by atoms with Crippen molar-refractivity contribution in [3.63, 3.8) is 0 Å². The molecule has 0 aliphatic carbocycles. The first-order chi connectivity index (χ1) is 7.23. The fraction of sp³-hybridized carbons (Fsp3) is 0.400. The first-order valence-corrected chi connectivity index (χ1v) is 4.41. The molecule has 0 spiro atoms. The Hall–Kier alpha value is -1.17. The molecule has 16 heavy (non-hydrogen) atoms. The lowest BCUT2D eigenvalue weighted by Crippen LogP contribution is -2.34. The zero-order chi connectivity index (χ0) is 12.5. The maximum atomic E-state index is 13.2. The molecule has 0 radical (unpaired) electrons. The van der Waals surface area contributed by atoms with Gasteiger partial charge in [0.15, 0.2) is 0 Å². The van der Waals surface area contributed by atoms with E-state index < -0.39 is 29.4 Å². The Morgan fingerprint density at radius 3 is 2.12 bits per heavy atom. The molecule has 0 bridgehead atoms. The second-order valence-electron chi connectivity index (χ2n) is 3.57. The third kappa shape index (κ3) is 2.69. The number of hydrogen-bond acceptors (Lipinski definition) is 1. The van der Waals surface area contributed by atoms with Crippen molar-refractivity contribution in [2.45, 2.75) is 12.2 Å². The molecule has 0 heterocycles. The fourth-order valence-electron chi connectivity index (χ4n) is 1.47. The summed E-state index contributed by atoms with van der Waals surface area (Å²) in [5.74, 6) is -1.97. The summed E-state index contributed by atoms with van der Waals surface area (Å²) in [5.41, 5.74) is -0.711. The molecule has 1 atom stereocenters. The molecule has 90 valence electrons. The lowest BCUT2D eigenvalue weighted by molar-refractivity contribution is -0.180. The van der Waals surface area contributed by atoms with E-state index in [9.17, 15) is 22.0 Å². The number of rotatable bonds is 2. The van der Waals surface area contributed by atoms with Gasteiger partial charge in [-0.1, -0.05) is 0 Å². The number of benzene rings is 1. The summed E-state index contributed by atoms with van der Waals surface area (Å²) in [7, 11) is 2.31. The maximum Gasteiger partial charge on any atom is 0.408 e. The van der Waals surface area contributed by atoms with E-state index in [1.54, 1.807) is 0 Å². The average Bonchev–Trinajstić information content (AvgIpc) is 2.08. The van der Waals surface area contributed by atoms with Crippen LogP contribution in [0.1, 0.15) is 11.6 Å². The Morgan fingerprint density at radius 1 is 1.12 bits per heavy atom. The predicted molar refractivity (Wildman–Crippen MR) is 48.8 cm³/mol. The van der Waals surface area contributed by atoms with Gasteiger partial charge in [-0.05, 0) is 32.3 Å². The van der Waals surface area contributed by atoms with Crippen molar-refractivity contribution in [3.8, 4) is 0 Å². The summed E-state index contributed by atoms with van der Waals surface area (Å²) >= 11 is 0. The molecule has 0 aromatic heterocycles. The molecule has 0 N–H and O–H groups in total. The van der Waals surface area contributed by atoms with E-state index in [0.29, 0.717) is 12.1 Å². The standard InChI is InChI=1S/C10H10F5N/c1-16(2)9(10(13,14)15)7-5-6(11)3-4-8(7)12/h3-5,9H,1-2H3. The van der Waals surface area contributed by atoms with E-state index in [-0.39, 0.29) is 0 Å². The summed E-state index contributed by atoms with van der Waals surface area (Å²) in [6.07, 6.45) is -4.65. The lowest BCUT2D eigenvalue weighted by atomic mass is 10.0. The predicted octanol–water partition coefficient (Wildman–Crippen LogP) is 3.13. The number of alkyl halides is 3. The van der Waals surface area contributed by atoms with Gasteiger partial charge in [-0.15, -0.1) is 0 Å². The molecule has 1 rings (SSSR count). The van der Waals surface area contributed by atoms with Gasteiger partial charge in [-0.2, -0.15) is 13.2 Å². The van der Waals surface area contributed by atoms with Crippen LogP contribution in [0.3, 0.4) is 0 Å². The smallest absolute Gasteiger partial charge is 0.295 e. The minimum Gasteiger partial charge on any atom is -0.295 e. The van der Waals surface area contributed by atoms with Crippen LogP contribution in [0.4, 0.5) is 22.0 Å². The molecule has 1 unspecified atom stereocenters. The molecule has 0 aliphatic rings. The van der Waals surface area contributed by atoms with Crippen LogP contribution in [0.15, 0.2) is 18.2 Å². The largest absolute Gasteiger partial charge is 0.408 e. The van der Waals surface area contributed by atoms with Gasteiger partial charge in [-0.3, -0.25) is 4.90 Å². The number of nitrogens with zero attached hydrogens (tertiary/aromatic N) is 1. The highest BCUT2D eigenvalue weighted by Crippen LogP contribution is 2.37. The third-order valence-electron chi connectivity index (χ3n) is 2.08. The Kier molecular flexibility index (Phi) is 3.52. The van der Waals surface area contributed by atoms with E-state index >= 15 is 0 Å². The molecule has 1 aromatic carbocycles. The molecule has 0 aliphatic heterocycles. The second kappa shape index (κ2) is 4.37. The van der Waals surface area contributed by atoms with Gasteiger partial charge in [-0.25, -0.2) is 8.78 Å². The fourth-order valence-corrected chi connectivity index (χ4v) is 1.47. The highest BCUT2D eigenvalue weighted by Gasteiger charge is 2.43. The van der Waals surface area contributed by atoms with E-state index in [1.807, 2.05) is 0 Å². The van der Waals surface area contributed by atoms with Crippen molar-refractivity contribution in [1.29, 1.82) is 0 Å². The first kappa shape index (κ1) is 12.9. The Morgan fingerprint density at radius 2 is 1.69 bits per heavy atom. The van der Waals surface area contributed by atoms with Crippen LogP contribution >= 0.6 is 0 Å². The average molecular weight is 239 g/mol. The number of halogens is 5. The van der Waals surface area contributed by atoms with Crippen molar-refractivity contribution in [1.82, 2.24) is 4.90 Å². The Bertz CT molecular complexity index is 372. The van der Waals surface area contributed by atoms with Crippen molar-refractivity contribution in [2.75, 3.05) is 14.1 Å². The number of hydrogen-bond donors (Lipinski definition) is 0. The molecular formula is C10H10F5N. The second-order valence-corrected chi connectivity index (χ2v) is 3.57. The van der Waals surface area contributed by atoms with Crippen LogP contribution in [0.2, 0.25) is 0 Å². The summed E-state index contributed by atoms with van der Waals surface area (Å²) in [5, 5.41) is 0. The van der Waals surface area contributed by atoms with Crippen molar-refractivity contribution in [3.05, 3.63) is 35.4 Å². The van der Waals surface area contributed by atoms with Gasteiger partial charge in [0.05, 0.1) is 0 Å². The van der Waals surface area contributed by atoms with Crippen LogP contribution in [-0.4, -0.2) is 25.2 Å². The van der Waals surface area contributed by atoms with E-state index in [0.717, 1.165) is 25.1 Å². The van der Waals surface area contributed by atoms with Gasteiger partial charge in [0, 0.05) is 5.56 Å². The Balaban J connectivity index is 3.26. The van der Waals surface area contributed by atoms with E-state index in [2.05, 4.69) is 0 Å².